The molecule has 1 aliphatic rings. The van der Waals surface area contributed by atoms with Crippen LogP contribution in [0.25, 0.3) is 11.3 Å². The number of hydrogen-bond donors (Lipinski definition) is 2. The van der Waals surface area contributed by atoms with E-state index in [1.807, 2.05) is 0 Å². The molecule has 0 aliphatic heterocycles. The Hall–Kier alpha value is -3.23. The van der Waals surface area contributed by atoms with Gasteiger partial charge in [0.15, 0.2) is 5.82 Å². The molecule has 1 atom stereocenters. The molecule has 8 nitrogen and oxygen atoms in total. The Bertz CT molecular complexity index is 963. The highest BCUT2D eigenvalue weighted by molar-refractivity contribution is 5.74. The Balaban J connectivity index is 1.39. The van der Waals surface area contributed by atoms with Crippen LogP contribution in [-0.2, 0) is 6.54 Å². The van der Waals surface area contributed by atoms with Crippen molar-refractivity contribution in [1.29, 1.82) is 0 Å². The highest BCUT2D eigenvalue weighted by atomic mass is 19.1. The Morgan fingerprint density at radius 1 is 1.39 bits per heavy atom. The van der Waals surface area contributed by atoms with Crippen molar-refractivity contribution >= 4 is 6.03 Å². The average Bonchev–Trinajstić information content (AvgIpc) is 3.23. The third-order valence-electron chi connectivity index (χ3n) is 4.72. The number of hydrogen-bond acceptors (Lipinski definition) is 5. The van der Waals surface area contributed by atoms with Gasteiger partial charge in [-0.05, 0) is 44.0 Å². The van der Waals surface area contributed by atoms with E-state index in [0.717, 1.165) is 29.7 Å². The van der Waals surface area contributed by atoms with Gasteiger partial charge in [0.2, 0.25) is 5.89 Å². The number of aromatic nitrogens is 4. The lowest BCUT2D eigenvalue weighted by Gasteiger charge is -2.20. The van der Waals surface area contributed by atoms with Crippen LogP contribution in [0.3, 0.4) is 0 Å². The van der Waals surface area contributed by atoms with Gasteiger partial charge in [-0.2, -0.15) is 10.1 Å². The second-order valence-electron chi connectivity index (χ2n) is 7.07. The first-order valence-electron chi connectivity index (χ1n) is 9.14. The molecule has 1 saturated carbocycles. The molecule has 2 amide bonds. The summed E-state index contributed by atoms with van der Waals surface area (Å²) in [6.45, 7) is 2.14. The van der Waals surface area contributed by atoms with Crippen molar-refractivity contribution in [3.63, 3.8) is 0 Å². The van der Waals surface area contributed by atoms with Crippen LogP contribution in [0.1, 0.15) is 49.0 Å². The number of nitrogens with zero attached hydrogens (tertiary/aromatic N) is 4. The molecule has 1 aliphatic carbocycles. The first kappa shape index (κ1) is 18.1. The molecule has 0 radical (unpaired) electrons. The minimum atomic E-state index is -0.393. The van der Waals surface area contributed by atoms with Crippen molar-refractivity contribution < 1.29 is 13.7 Å². The fraction of sp³-hybridized carbons (Fsp3) is 0.368. The van der Waals surface area contributed by atoms with E-state index in [-0.39, 0.29) is 11.8 Å². The summed E-state index contributed by atoms with van der Waals surface area (Å²) in [6.07, 6.45) is 3.83. The van der Waals surface area contributed by atoms with Crippen LogP contribution >= 0.6 is 0 Å². The van der Waals surface area contributed by atoms with Crippen molar-refractivity contribution in [3.8, 4) is 11.3 Å². The summed E-state index contributed by atoms with van der Waals surface area (Å²) in [5.41, 5.74) is 2.37. The number of carbonyl (C=O) groups excluding carboxylic acids is 1. The second-order valence-corrected chi connectivity index (χ2v) is 7.07. The van der Waals surface area contributed by atoms with E-state index in [1.54, 1.807) is 32.3 Å². The third kappa shape index (κ3) is 3.88. The molecule has 2 heterocycles. The number of H-pyrrole nitrogens is 1. The van der Waals surface area contributed by atoms with E-state index in [2.05, 4.69) is 25.7 Å². The Kier molecular flexibility index (Phi) is 4.81. The third-order valence-corrected chi connectivity index (χ3v) is 4.72. The van der Waals surface area contributed by atoms with Gasteiger partial charge in [0.25, 0.3) is 0 Å². The molecule has 1 fully saturated rings. The van der Waals surface area contributed by atoms with Gasteiger partial charge in [-0.3, -0.25) is 5.10 Å². The SMILES string of the molecule is C[C@@H](NC(=O)N(C)Cc1cn[nH]c1-c1ccc(F)cc1)c1nc(C2CC2)no1. The van der Waals surface area contributed by atoms with E-state index < -0.39 is 6.04 Å². The van der Waals surface area contributed by atoms with Crippen LogP contribution in [0.2, 0.25) is 0 Å². The van der Waals surface area contributed by atoms with Gasteiger partial charge in [-0.25, -0.2) is 9.18 Å². The van der Waals surface area contributed by atoms with Gasteiger partial charge in [0.1, 0.15) is 11.9 Å². The van der Waals surface area contributed by atoms with Gasteiger partial charge in [-0.1, -0.05) is 5.16 Å². The molecular weight excluding hydrogens is 363 g/mol. The lowest BCUT2D eigenvalue weighted by molar-refractivity contribution is 0.200. The topological polar surface area (TPSA) is 99.9 Å². The molecule has 4 rings (SSSR count). The Morgan fingerprint density at radius 3 is 2.86 bits per heavy atom. The Morgan fingerprint density at radius 2 is 2.14 bits per heavy atom. The summed E-state index contributed by atoms with van der Waals surface area (Å²) >= 11 is 0. The maximum Gasteiger partial charge on any atom is 0.318 e. The van der Waals surface area contributed by atoms with Crippen LogP contribution in [0.5, 0.6) is 0 Å². The summed E-state index contributed by atoms with van der Waals surface area (Å²) in [7, 11) is 1.69. The quantitative estimate of drug-likeness (QED) is 0.679. The standard InChI is InChI=1S/C19H21FN6O2/c1-11(18-23-17(25-28-18)13-3-4-13)22-19(27)26(2)10-14-9-21-24-16(14)12-5-7-15(20)8-6-12/h5-9,11,13H,3-4,10H2,1-2H3,(H,21,24)(H,22,27)/t11-/m1/s1. The van der Waals surface area contributed by atoms with Gasteiger partial charge in [0.05, 0.1) is 18.4 Å². The number of benzene rings is 1. The average molecular weight is 384 g/mol. The van der Waals surface area contributed by atoms with Crippen molar-refractivity contribution in [3.05, 3.63) is 53.6 Å². The summed E-state index contributed by atoms with van der Waals surface area (Å²) in [6, 6.07) is 5.44. The van der Waals surface area contributed by atoms with Crippen LogP contribution in [0.15, 0.2) is 35.0 Å². The molecule has 146 valence electrons. The molecule has 0 bridgehead atoms. The predicted molar refractivity (Wildman–Crippen MR) is 98.7 cm³/mol. The molecule has 0 unspecified atom stereocenters. The lowest BCUT2D eigenvalue weighted by atomic mass is 10.1. The van der Waals surface area contributed by atoms with Gasteiger partial charge >= 0.3 is 6.03 Å². The monoisotopic (exact) mass is 384 g/mol. The molecule has 9 heteroatoms. The highest BCUT2D eigenvalue weighted by Crippen LogP contribution is 2.38. The lowest BCUT2D eigenvalue weighted by Crippen LogP contribution is -2.38. The smallest absolute Gasteiger partial charge is 0.318 e. The molecule has 3 aromatic rings. The number of aromatic amines is 1. The zero-order valence-electron chi connectivity index (χ0n) is 15.6. The fourth-order valence-corrected chi connectivity index (χ4v) is 2.91. The number of urea groups is 1. The first-order valence-corrected chi connectivity index (χ1v) is 9.14. The second kappa shape index (κ2) is 7.41. The molecular formula is C19H21FN6O2. The molecule has 1 aromatic carbocycles. The van der Waals surface area contributed by atoms with Gasteiger partial charge in [0, 0.05) is 24.1 Å². The normalized spacial score (nSPS) is 14.7. The van der Waals surface area contributed by atoms with Gasteiger partial charge in [-0.15, -0.1) is 0 Å². The fourth-order valence-electron chi connectivity index (χ4n) is 2.91. The van der Waals surface area contributed by atoms with Crippen LogP contribution in [0.4, 0.5) is 9.18 Å². The molecule has 28 heavy (non-hydrogen) atoms. The summed E-state index contributed by atoms with van der Waals surface area (Å²) in [5, 5.41) is 13.8. The molecule has 2 N–H and O–H groups in total. The molecule has 0 saturated heterocycles. The summed E-state index contributed by atoms with van der Waals surface area (Å²) < 4.78 is 18.4. The number of rotatable bonds is 6. The minimum Gasteiger partial charge on any atom is -0.337 e. The number of carbonyl (C=O) groups is 1. The van der Waals surface area contributed by atoms with Gasteiger partial charge < -0.3 is 14.7 Å². The molecule has 0 spiro atoms. The summed E-state index contributed by atoms with van der Waals surface area (Å²) in [5.74, 6) is 1.21. The van der Waals surface area contributed by atoms with Crippen molar-refractivity contribution in [1.82, 2.24) is 30.6 Å². The number of halogens is 1. The maximum absolute atomic E-state index is 13.2. The predicted octanol–water partition coefficient (Wildman–Crippen LogP) is 3.38. The molecule has 2 aromatic heterocycles. The largest absolute Gasteiger partial charge is 0.337 e. The van der Waals surface area contributed by atoms with Crippen LogP contribution in [0, 0.1) is 5.82 Å². The van der Waals surface area contributed by atoms with E-state index in [9.17, 15) is 9.18 Å². The van der Waals surface area contributed by atoms with E-state index in [4.69, 9.17) is 4.52 Å². The maximum atomic E-state index is 13.2. The Labute approximate surface area is 161 Å². The number of amides is 2. The van der Waals surface area contributed by atoms with Crippen molar-refractivity contribution in [2.75, 3.05) is 7.05 Å². The van der Waals surface area contributed by atoms with Crippen LogP contribution in [-0.4, -0.2) is 38.3 Å². The van der Waals surface area contributed by atoms with Crippen molar-refractivity contribution in [2.24, 2.45) is 0 Å². The minimum absolute atomic E-state index is 0.273. The van der Waals surface area contributed by atoms with Crippen molar-refractivity contribution in [2.45, 2.75) is 38.3 Å². The number of nitrogens with one attached hydrogen (secondary N) is 2. The summed E-state index contributed by atoms with van der Waals surface area (Å²) in [4.78, 5) is 18.4. The zero-order chi connectivity index (χ0) is 19.7. The highest BCUT2D eigenvalue weighted by Gasteiger charge is 2.30. The van der Waals surface area contributed by atoms with E-state index in [1.165, 1.54) is 17.0 Å². The van der Waals surface area contributed by atoms with E-state index in [0.29, 0.717) is 24.2 Å². The van der Waals surface area contributed by atoms with Crippen LogP contribution < -0.4 is 5.32 Å². The first-order chi connectivity index (χ1) is 13.5. The zero-order valence-corrected chi connectivity index (χ0v) is 15.6. The van der Waals surface area contributed by atoms with E-state index >= 15 is 0 Å².